The molecule has 7 heteroatoms. The highest BCUT2D eigenvalue weighted by molar-refractivity contribution is 7.84. The summed E-state index contributed by atoms with van der Waals surface area (Å²) in [6.45, 7) is 0.466. The normalized spacial score (nSPS) is 13.1. The quantitative estimate of drug-likeness (QED) is 0.929. The van der Waals surface area contributed by atoms with Crippen LogP contribution in [0.15, 0.2) is 12.1 Å². The molecule has 0 saturated heterocycles. The summed E-state index contributed by atoms with van der Waals surface area (Å²) in [6, 6.07) is 2.72. The molecule has 1 aromatic carbocycles. The largest absolute Gasteiger partial charge is 0.369 e. The van der Waals surface area contributed by atoms with Gasteiger partial charge in [0.25, 0.3) is 0 Å². The molecule has 0 saturated carbocycles. The van der Waals surface area contributed by atoms with Crippen LogP contribution < -0.4 is 5.73 Å². The summed E-state index contributed by atoms with van der Waals surface area (Å²) in [5.74, 6) is 0.208. The first kappa shape index (κ1) is 12.3. The van der Waals surface area contributed by atoms with Crippen LogP contribution in [0.3, 0.4) is 0 Å². The van der Waals surface area contributed by atoms with Crippen LogP contribution >= 0.6 is 11.6 Å². The fraction of sp³-hybridized carbons (Fsp3) is 0.300. The number of hydrogen-bond donors (Lipinski definition) is 1. The molecule has 0 aliphatic carbocycles. The molecule has 17 heavy (non-hydrogen) atoms. The van der Waals surface area contributed by atoms with E-state index < -0.39 is 16.6 Å². The van der Waals surface area contributed by atoms with Gasteiger partial charge in [0.15, 0.2) is 0 Å². The predicted molar refractivity (Wildman–Crippen MR) is 68.0 cm³/mol. The number of fused-ring (bicyclic) bond motifs is 1. The van der Waals surface area contributed by atoms with Gasteiger partial charge in [-0.3, -0.25) is 4.21 Å². The van der Waals surface area contributed by atoms with E-state index >= 15 is 0 Å². The predicted octanol–water partition coefficient (Wildman–Crippen LogP) is 1.79. The fourth-order valence-corrected chi connectivity index (χ4v) is 2.19. The van der Waals surface area contributed by atoms with Gasteiger partial charge in [0.2, 0.25) is 5.95 Å². The van der Waals surface area contributed by atoms with Crippen molar-refractivity contribution in [3.8, 4) is 0 Å². The minimum Gasteiger partial charge on any atom is -0.369 e. The molecule has 2 rings (SSSR count). The number of hydrogen-bond acceptors (Lipinski definition) is 3. The Hall–Kier alpha value is -1.14. The van der Waals surface area contributed by atoms with Crippen molar-refractivity contribution >= 4 is 39.4 Å². The number of anilines is 1. The van der Waals surface area contributed by atoms with Gasteiger partial charge in [-0.25, -0.2) is 9.37 Å². The van der Waals surface area contributed by atoms with Gasteiger partial charge in [-0.15, -0.1) is 0 Å². The lowest BCUT2D eigenvalue weighted by molar-refractivity contribution is 0.629. The van der Waals surface area contributed by atoms with Gasteiger partial charge in [0.1, 0.15) is 5.82 Å². The second-order valence-corrected chi connectivity index (χ2v) is 5.62. The van der Waals surface area contributed by atoms with Gasteiger partial charge in [-0.2, -0.15) is 0 Å². The number of benzene rings is 1. The monoisotopic (exact) mass is 275 g/mol. The summed E-state index contributed by atoms with van der Waals surface area (Å²) in [7, 11) is -0.922. The highest BCUT2D eigenvalue weighted by atomic mass is 35.5. The molecular weight excluding hydrogens is 265 g/mol. The summed E-state index contributed by atoms with van der Waals surface area (Å²) in [6.07, 6.45) is 1.61. The van der Waals surface area contributed by atoms with Gasteiger partial charge < -0.3 is 10.3 Å². The number of aryl methyl sites for hydroxylation is 1. The van der Waals surface area contributed by atoms with Crippen LogP contribution in [-0.4, -0.2) is 25.8 Å². The summed E-state index contributed by atoms with van der Waals surface area (Å²) < 4.78 is 26.0. The Labute approximate surface area is 105 Å². The number of aromatic nitrogens is 2. The number of imidazole rings is 1. The smallest absolute Gasteiger partial charge is 0.201 e. The van der Waals surface area contributed by atoms with E-state index in [1.807, 2.05) is 0 Å². The zero-order chi connectivity index (χ0) is 12.6. The third-order valence-electron chi connectivity index (χ3n) is 2.42. The highest BCUT2D eigenvalue weighted by Crippen LogP contribution is 2.24. The van der Waals surface area contributed by atoms with Crippen LogP contribution in [0.2, 0.25) is 5.02 Å². The molecule has 0 bridgehead atoms. The summed E-state index contributed by atoms with van der Waals surface area (Å²) >= 11 is 5.71. The Kier molecular flexibility index (Phi) is 3.35. The third-order valence-corrected chi connectivity index (χ3v) is 3.47. The molecule has 0 fully saturated rings. The van der Waals surface area contributed by atoms with Crippen LogP contribution in [0.25, 0.3) is 11.0 Å². The zero-order valence-electron chi connectivity index (χ0n) is 9.11. The van der Waals surface area contributed by atoms with Crippen molar-refractivity contribution in [3.63, 3.8) is 0 Å². The number of nitrogens with zero attached hydrogens (tertiary/aromatic N) is 2. The molecule has 2 aromatic rings. The Bertz CT molecular complexity index is 599. The SMILES string of the molecule is CS(=O)CCn1c(N)nc2cc(F)c(Cl)cc21. The van der Waals surface area contributed by atoms with Crippen LogP contribution in [0.5, 0.6) is 0 Å². The van der Waals surface area contributed by atoms with Crippen molar-refractivity contribution < 1.29 is 8.60 Å². The molecule has 1 atom stereocenters. The van der Waals surface area contributed by atoms with Crippen LogP contribution in [0, 0.1) is 5.82 Å². The van der Waals surface area contributed by atoms with Gasteiger partial charge in [0, 0.05) is 35.4 Å². The number of rotatable bonds is 3. The topological polar surface area (TPSA) is 60.9 Å². The molecule has 0 radical (unpaired) electrons. The Morgan fingerprint density at radius 2 is 2.29 bits per heavy atom. The van der Waals surface area contributed by atoms with Crippen molar-refractivity contribution in [3.05, 3.63) is 23.0 Å². The summed E-state index contributed by atoms with van der Waals surface area (Å²) in [5.41, 5.74) is 6.83. The van der Waals surface area contributed by atoms with E-state index in [0.717, 1.165) is 0 Å². The van der Waals surface area contributed by atoms with E-state index in [-0.39, 0.29) is 11.0 Å². The maximum Gasteiger partial charge on any atom is 0.201 e. The van der Waals surface area contributed by atoms with Crippen molar-refractivity contribution in [2.45, 2.75) is 6.54 Å². The van der Waals surface area contributed by atoms with Gasteiger partial charge in [-0.05, 0) is 6.07 Å². The standard InChI is InChI=1S/C10H11ClFN3OS/c1-17(16)3-2-15-9-4-6(11)7(12)5-8(9)14-10(15)13/h4-5H,2-3H2,1H3,(H2,13,14). The lowest BCUT2D eigenvalue weighted by Crippen LogP contribution is -2.09. The van der Waals surface area contributed by atoms with E-state index in [0.29, 0.717) is 23.3 Å². The van der Waals surface area contributed by atoms with E-state index in [1.54, 1.807) is 10.8 Å². The first-order chi connectivity index (χ1) is 7.99. The fourth-order valence-electron chi connectivity index (χ4n) is 1.59. The first-order valence-corrected chi connectivity index (χ1v) is 7.00. The minimum atomic E-state index is -0.922. The van der Waals surface area contributed by atoms with Crippen molar-refractivity contribution in [2.75, 3.05) is 17.7 Å². The average Bonchev–Trinajstić information content (AvgIpc) is 2.52. The van der Waals surface area contributed by atoms with Gasteiger partial charge in [0.05, 0.1) is 16.1 Å². The lowest BCUT2D eigenvalue weighted by atomic mass is 10.3. The second-order valence-electron chi connectivity index (χ2n) is 3.65. The summed E-state index contributed by atoms with van der Waals surface area (Å²) in [5, 5.41) is 0.0243. The number of halogens is 2. The molecule has 0 aliphatic heterocycles. The van der Waals surface area contributed by atoms with E-state index in [9.17, 15) is 8.60 Å². The van der Waals surface area contributed by atoms with Gasteiger partial charge in [-0.1, -0.05) is 11.6 Å². The Balaban J connectivity index is 2.50. The van der Waals surface area contributed by atoms with Gasteiger partial charge >= 0.3 is 0 Å². The minimum absolute atomic E-state index is 0.0243. The third kappa shape index (κ3) is 2.42. The molecule has 0 amide bonds. The summed E-state index contributed by atoms with van der Waals surface area (Å²) in [4.78, 5) is 4.04. The van der Waals surface area contributed by atoms with Crippen molar-refractivity contribution in [1.29, 1.82) is 0 Å². The molecule has 92 valence electrons. The number of nitrogens with two attached hydrogens (primary N) is 1. The molecule has 0 aliphatic rings. The number of nitrogen functional groups attached to an aromatic ring is 1. The highest BCUT2D eigenvalue weighted by Gasteiger charge is 2.11. The molecule has 0 spiro atoms. The van der Waals surface area contributed by atoms with Crippen LogP contribution in [-0.2, 0) is 17.3 Å². The lowest BCUT2D eigenvalue weighted by Gasteiger charge is -2.05. The molecule has 1 unspecified atom stereocenters. The maximum absolute atomic E-state index is 13.2. The zero-order valence-corrected chi connectivity index (χ0v) is 10.7. The molecule has 2 N–H and O–H groups in total. The first-order valence-electron chi connectivity index (χ1n) is 4.90. The molecular formula is C10H11ClFN3OS. The average molecular weight is 276 g/mol. The Morgan fingerprint density at radius 1 is 1.59 bits per heavy atom. The van der Waals surface area contributed by atoms with E-state index in [1.165, 1.54) is 12.1 Å². The van der Waals surface area contributed by atoms with Crippen molar-refractivity contribution in [2.24, 2.45) is 0 Å². The molecule has 1 heterocycles. The van der Waals surface area contributed by atoms with Crippen LogP contribution in [0.4, 0.5) is 10.3 Å². The molecule has 1 aromatic heterocycles. The second kappa shape index (κ2) is 4.62. The van der Waals surface area contributed by atoms with Crippen LogP contribution in [0.1, 0.15) is 0 Å². The molecule has 4 nitrogen and oxygen atoms in total. The Morgan fingerprint density at radius 3 is 2.94 bits per heavy atom. The maximum atomic E-state index is 13.2. The van der Waals surface area contributed by atoms with E-state index in [2.05, 4.69) is 4.98 Å². The van der Waals surface area contributed by atoms with E-state index in [4.69, 9.17) is 17.3 Å². The van der Waals surface area contributed by atoms with Crippen molar-refractivity contribution in [1.82, 2.24) is 9.55 Å².